The van der Waals surface area contributed by atoms with Crippen molar-refractivity contribution in [1.29, 1.82) is 0 Å². The fraction of sp³-hybridized carbons (Fsp3) is 0.562. The Morgan fingerprint density at radius 2 is 1.91 bits per heavy atom. The molecule has 6 heteroatoms. The van der Waals surface area contributed by atoms with Crippen molar-refractivity contribution in [3.63, 3.8) is 0 Å². The topological polar surface area (TPSA) is 43.8 Å². The number of hydrogen-bond donors (Lipinski definition) is 1. The van der Waals surface area contributed by atoms with Gasteiger partial charge in [0.1, 0.15) is 0 Å². The lowest BCUT2D eigenvalue weighted by Crippen LogP contribution is -2.45. The van der Waals surface area contributed by atoms with E-state index in [0.29, 0.717) is 12.1 Å². The monoisotopic (exact) mass is 390 g/mol. The van der Waals surface area contributed by atoms with Crippen molar-refractivity contribution >= 4 is 34.3 Å². The Balaban J connectivity index is 0.00000242. The number of likely N-dealkylation sites (N-methyl/N-ethyl adjacent to an activating group) is 1. The van der Waals surface area contributed by atoms with E-state index >= 15 is 0 Å². The quantitative estimate of drug-likeness (QED) is 0.835. The molecule has 1 aromatic carbocycles. The standard InChI is InChI=1S/C16H23BrN2O2.ClH/c1-12(13-3-5-14(17)6-4-13)19-9-7-15(8-10-19)18(2)11-16(20)21;/h3-6,12,15H,7-11H2,1-2H3,(H,20,21);1H. The number of aliphatic carboxylic acids is 1. The van der Waals surface area contributed by atoms with Crippen molar-refractivity contribution in [2.45, 2.75) is 31.8 Å². The van der Waals surface area contributed by atoms with E-state index < -0.39 is 5.97 Å². The molecule has 0 spiro atoms. The molecule has 0 aliphatic carbocycles. The summed E-state index contributed by atoms with van der Waals surface area (Å²) in [5, 5.41) is 8.87. The first-order valence-electron chi connectivity index (χ1n) is 7.39. The number of likely N-dealkylation sites (tertiary alicyclic amines) is 1. The Labute approximate surface area is 147 Å². The molecule has 0 bridgehead atoms. The summed E-state index contributed by atoms with van der Waals surface area (Å²) in [5.41, 5.74) is 1.33. The van der Waals surface area contributed by atoms with E-state index in [9.17, 15) is 4.79 Å². The minimum absolute atomic E-state index is 0. The zero-order valence-electron chi connectivity index (χ0n) is 13.0. The summed E-state index contributed by atoms with van der Waals surface area (Å²) in [4.78, 5) is 15.2. The van der Waals surface area contributed by atoms with E-state index in [2.05, 4.69) is 52.0 Å². The van der Waals surface area contributed by atoms with Crippen LogP contribution >= 0.6 is 28.3 Å². The number of carboxylic acids is 1. The number of nitrogens with zero attached hydrogens (tertiary/aromatic N) is 2. The van der Waals surface area contributed by atoms with Gasteiger partial charge in [-0.15, -0.1) is 12.4 Å². The normalized spacial score (nSPS) is 18.0. The molecule has 1 aromatic rings. The van der Waals surface area contributed by atoms with Crippen LogP contribution in [0, 0.1) is 0 Å². The summed E-state index contributed by atoms with van der Waals surface area (Å²) in [7, 11) is 1.91. The second-order valence-electron chi connectivity index (χ2n) is 5.80. The lowest BCUT2D eigenvalue weighted by atomic mass is 9.99. The summed E-state index contributed by atoms with van der Waals surface area (Å²) >= 11 is 3.47. The average molecular weight is 392 g/mol. The first-order chi connectivity index (χ1) is 9.97. The maximum absolute atomic E-state index is 10.8. The zero-order chi connectivity index (χ0) is 15.4. The fourth-order valence-corrected chi connectivity index (χ4v) is 3.27. The molecule has 124 valence electrons. The Bertz CT molecular complexity index is 476. The molecule has 1 aliphatic rings. The van der Waals surface area contributed by atoms with Crippen LogP contribution < -0.4 is 0 Å². The first-order valence-corrected chi connectivity index (χ1v) is 8.18. The van der Waals surface area contributed by atoms with Crippen LogP contribution in [0.3, 0.4) is 0 Å². The molecule has 22 heavy (non-hydrogen) atoms. The van der Waals surface area contributed by atoms with E-state index in [1.54, 1.807) is 0 Å². The summed E-state index contributed by atoms with van der Waals surface area (Å²) in [6.07, 6.45) is 2.06. The third kappa shape index (κ3) is 5.23. The summed E-state index contributed by atoms with van der Waals surface area (Å²) in [6.45, 7) is 4.41. The van der Waals surface area contributed by atoms with Crippen LogP contribution in [-0.2, 0) is 4.79 Å². The molecule has 2 rings (SSSR count). The number of carboxylic acid groups (broad SMARTS) is 1. The van der Waals surface area contributed by atoms with E-state index in [1.807, 2.05) is 11.9 Å². The minimum Gasteiger partial charge on any atom is -0.480 e. The molecule has 1 heterocycles. The van der Waals surface area contributed by atoms with E-state index in [1.165, 1.54) is 5.56 Å². The predicted molar refractivity (Wildman–Crippen MR) is 94.7 cm³/mol. The highest BCUT2D eigenvalue weighted by Crippen LogP contribution is 2.26. The second kappa shape index (κ2) is 8.87. The number of rotatable bonds is 5. The molecule has 0 aromatic heterocycles. The molecule has 1 fully saturated rings. The molecule has 0 saturated carbocycles. The number of piperidine rings is 1. The van der Waals surface area contributed by atoms with E-state index in [0.717, 1.165) is 30.4 Å². The molecule has 0 radical (unpaired) electrons. The Hall–Kier alpha value is -0.620. The summed E-state index contributed by atoms with van der Waals surface area (Å²) in [6, 6.07) is 9.28. The zero-order valence-corrected chi connectivity index (χ0v) is 15.4. The van der Waals surface area contributed by atoms with Gasteiger partial charge in [0, 0.05) is 29.6 Å². The summed E-state index contributed by atoms with van der Waals surface area (Å²) < 4.78 is 1.10. The fourth-order valence-electron chi connectivity index (χ4n) is 3.01. The van der Waals surface area contributed by atoms with Gasteiger partial charge in [-0.05, 0) is 44.5 Å². The molecule has 4 nitrogen and oxygen atoms in total. The Morgan fingerprint density at radius 3 is 2.41 bits per heavy atom. The van der Waals surface area contributed by atoms with Crippen LogP contribution in [-0.4, -0.2) is 53.6 Å². The Morgan fingerprint density at radius 1 is 1.36 bits per heavy atom. The van der Waals surface area contributed by atoms with Gasteiger partial charge in [-0.25, -0.2) is 0 Å². The maximum Gasteiger partial charge on any atom is 0.317 e. The van der Waals surface area contributed by atoms with Crippen LogP contribution in [0.1, 0.15) is 31.4 Å². The lowest BCUT2D eigenvalue weighted by Gasteiger charge is -2.39. The van der Waals surface area contributed by atoms with Gasteiger partial charge in [0.2, 0.25) is 0 Å². The van der Waals surface area contributed by atoms with Gasteiger partial charge in [0.15, 0.2) is 0 Å². The molecule has 1 atom stereocenters. The molecule has 0 amide bonds. The smallest absolute Gasteiger partial charge is 0.317 e. The highest BCUT2D eigenvalue weighted by molar-refractivity contribution is 9.10. The molecule has 1 saturated heterocycles. The van der Waals surface area contributed by atoms with Gasteiger partial charge >= 0.3 is 5.97 Å². The third-order valence-electron chi connectivity index (χ3n) is 4.41. The van der Waals surface area contributed by atoms with Crippen LogP contribution in [0.5, 0.6) is 0 Å². The SMILES string of the molecule is CC(c1ccc(Br)cc1)N1CCC(N(C)CC(=O)O)CC1.Cl. The lowest BCUT2D eigenvalue weighted by molar-refractivity contribution is -0.138. The number of carbonyl (C=O) groups is 1. The molecular formula is C16H24BrClN2O2. The van der Waals surface area contributed by atoms with Gasteiger partial charge in [-0.1, -0.05) is 28.1 Å². The van der Waals surface area contributed by atoms with Gasteiger partial charge < -0.3 is 5.11 Å². The van der Waals surface area contributed by atoms with Gasteiger partial charge in [0.25, 0.3) is 0 Å². The molecule has 1 aliphatic heterocycles. The molecular weight excluding hydrogens is 368 g/mol. The highest BCUT2D eigenvalue weighted by atomic mass is 79.9. The van der Waals surface area contributed by atoms with Crippen LogP contribution in [0.4, 0.5) is 0 Å². The third-order valence-corrected chi connectivity index (χ3v) is 4.94. The number of benzene rings is 1. The van der Waals surface area contributed by atoms with E-state index in [-0.39, 0.29) is 19.0 Å². The molecule has 1 unspecified atom stereocenters. The highest BCUT2D eigenvalue weighted by Gasteiger charge is 2.26. The average Bonchev–Trinajstić information content (AvgIpc) is 2.47. The second-order valence-corrected chi connectivity index (χ2v) is 6.72. The maximum atomic E-state index is 10.8. The first kappa shape index (κ1) is 19.4. The van der Waals surface area contributed by atoms with Crippen LogP contribution in [0.15, 0.2) is 28.7 Å². The largest absolute Gasteiger partial charge is 0.480 e. The van der Waals surface area contributed by atoms with E-state index in [4.69, 9.17) is 5.11 Å². The Kier molecular flexibility index (Phi) is 7.83. The number of halogens is 2. The van der Waals surface area contributed by atoms with Crippen molar-refractivity contribution in [1.82, 2.24) is 9.80 Å². The van der Waals surface area contributed by atoms with Crippen molar-refractivity contribution < 1.29 is 9.90 Å². The van der Waals surface area contributed by atoms with Gasteiger partial charge in [-0.2, -0.15) is 0 Å². The van der Waals surface area contributed by atoms with Gasteiger partial charge in [-0.3, -0.25) is 14.6 Å². The van der Waals surface area contributed by atoms with Crippen molar-refractivity contribution in [3.05, 3.63) is 34.3 Å². The van der Waals surface area contributed by atoms with Crippen molar-refractivity contribution in [3.8, 4) is 0 Å². The predicted octanol–water partition coefficient (Wildman–Crippen LogP) is 3.41. The van der Waals surface area contributed by atoms with Crippen LogP contribution in [0.25, 0.3) is 0 Å². The van der Waals surface area contributed by atoms with Crippen LogP contribution in [0.2, 0.25) is 0 Å². The van der Waals surface area contributed by atoms with Crippen molar-refractivity contribution in [2.75, 3.05) is 26.7 Å². The summed E-state index contributed by atoms with van der Waals surface area (Å²) in [5.74, 6) is -0.747. The van der Waals surface area contributed by atoms with Crippen molar-refractivity contribution in [2.24, 2.45) is 0 Å². The van der Waals surface area contributed by atoms with Gasteiger partial charge in [0.05, 0.1) is 6.54 Å². The molecule has 1 N–H and O–H groups in total. The number of hydrogen-bond acceptors (Lipinski definition) is 3. The minimum atomic E-state index is -0.747.